The van der Waals surface area contributed by atoms with Crippen molar-refractivity contribution in [3.8, 4) is 0 Å². The van der Waals surface area contributed by atoms with Crippen molar-refractivity contribution in [1.29, 1.82) is 0 Å². The maximum atomic E-state index is 3.64. The highest BCUT2D eigenvalue weighted by atomic mass is 35.5. The summed E-state index contributed by atoms with van der Waals surface area (Å²) in [5, 5.41) is 4.96. The van der Waals surface area contributed by atoms with E-state index in [0.29, 0.717) is 6.04 Å². The number of benzene rings is 1. The number of hydrogen-bond acceptors (Lipinski definition) is 2. The van der Waals surface area contributed by atoms with Gasteiger partial charge in [-0.15, -0.1) is 24.8 Å². The number of halogens is 2. The molecular formula is C20H31Cl2N3. The number of nitrogens with one attached hydrogen (secondary N) is 2. The van der Waals surface area contributed by atoms with E-state index in [1.54, 1.807) is 5.56 Å². The van der Waals surface area contributed by atoms with Crippen LogP contribution < -0.4 is 5.32 Å². The molecule has 1 atom stereocenters. The van der Waals surface area contributed by atoms with E-state index in [1.165, 1.54) is 61.8 Å². The van der Waals surface area contributed by atoms with Crippen LogP contribution in [0.1, 0.15) is 49.4 Å². The lowest BCUT2D eigenvalue weighted by Crippen LogP contribution is -2.47. The van der Waals surface area contributed by atoms with Crippen molar-refractivity contribution in [3.63, 3.8) is 0 Å². The summed E-state index contributed by atoms with van der Waals surface area (Å²) in [7, 11) is 0. The number of hydrogen-bond donors (Lipinski definition) is 2. The smallest absolute Gasteiger partial charge is 0.0459 e. The summed E-state index contributed by atoms with van der Waals surface area (Å²) in [4.78, 5) is 6.40. The average molecular weight is 384 g/mol. The minimum Gasteiger partial charge on any atom is -0.358 e. The van der Waals surface area contributed by atoms with Crippen molar-refractivity contribution in [1.82, 2.24) is 15.2 Å². The Morgan fingerprint density at radius 2 is 1.68 bits per heavy atom. The van der Waals surface area contributed by atoms with Gasteiger partial charge in [0.2, 0.25) is 0 Å². The topological polar surface area (TPSA) is 31.1 Å². The van der Waals surface area contributed by atoms with Gasteiger partial charge in [-0.1, -0.05) is 37.5 Å². The van der Waals surface area contributed by atoms with Gasteiger partial charge in [0.15, 0.2) is 0 Å². The summed E-state index contributed by atoms with van der Waals surface area (Å²) >= 11 is 0. The molecule has 0 amide bonds. The normalized spacial score (nSPS) is 20.7. The number of nitrogens with zero attached hydrogens (tertiary/aromatic N) is 1. The lowest BCUT2D eigenvalue weighted by Gasteiger charge is -2.41. The van der Waals surface area contributed by atoms with Gasteiger partial charge in [-0.2, -0.15) is 0 Å². The molecule has 2 N–H and O–H groups in total. The van der Waals surface area contributed by atoms with Gasteiger partial charge in [0, 0.05) is 48.8 Å². The second kappa shape index (κ2) is 9.27. The van der Waals surface area contributed by atoms with Crippen molar-refractivity contribution in [2.75, 3.05) is 26.2 Å². The largest absolute Gasteiger partial charge is 0.358 e. The number of aromatic amines is 1. The number of aryl methyl sites for hydroxylation is 1. The summed E-state index contributed by atoms with van der Waals surface area (Å²) in [6.07, 6.45) is 7.04. The zero-order valence-corrected chi connectivity index (χ0v) is 16.7. The molecule has 0 unspecified atom stereocenters. The Hall–Kier alpha value is -0.740. The highest BCUT2D eigenvalue weighted by molar-refractivity contribution is 5.86. The Bertz CT molecular complexity index is 640. The molecule has 2 heterocycles. The molecular weight excluding hydrogens is 353 g/mol. The quantitative estimate of drug-likeness (QED) is 0.793. The Balaban J connectivity index is 0.00000113. The number of piperazine rings is 1. The fourth-order valence-corrected chi connectivity index (χ4v) is 4.81. The fourth-order valence-electron chi connectivity index (χ4n) is 4.81. The summed E-state index contributed by atoms with van der Waals surface area (Å²) in [5.74, 6) is 0.819. The molecule has 25 heavy (non-hydrogen) atoms. The van der Waals surface area contributed by atoms with Crippen molar-refractivity contribution < 1.29 is 0 Å². The molecule has 1 saturated heterocycles. The first-order valence-corrected chi connectivity index (χ1v) is 9.36. The molecule has 2 fully saturated rings. The van der Waals surface area contributed by atoms with Crippen LogP contribution in [0.3, 0.4) is 0 Å². The van der Waals surface area contributed by atoms with Crippen LogP contribution in [0.5, 0.6) is 0 Å². The zero-order chi connectivity index (χ0) is 15.6. The molecule has 4 rings (SSSR count). The molecule has 0 radical (unpaired) electrons. The predicted octanol–water partition coefficient (Wildman–Crippen LogP) is 4.85. The van der Waals surface area contributed by atoms with Crippen LogP contribution in [0.15, 0.2) is 24.3 Å². The lowest BCUT2D eigenvalue weighted by molar-refractivity contribution is 0.104. The molecule has 0 bridgehead atoms. The third kappa shape index (κ3) is 4.16. The molecule has 3 nitrogen and oxygen atoms in total. The molecule has 2 aromatic rings. The van der Waals surface area contributed by atoms with Crippen molar-refractivity contribution >= 4 is 35.7 Å². The zero-order valence-electron chi connectivity index (χ0n) is 15.1. The van der Waals surface area contributed by atoms with E-state index in [2.05, 4.69) is 46.4 Å². The minimum absolute atomic E-state index is 0. The summed E-state index contributed by atoms with van der Waals surface area (Å²) in [6, 6.07) is 9.46. The van der Waals surface area contributed by atoms with Gasteiger partial charge in [-0.3, -0.25) is 4.90 Å². The van der Waals surface area contributed by atoms with Crippen LogP contribution in [-0.2, 0) is 0 Å². The van der Waals surface area contributed by atoms with E-state index >= 15 is 0 Å². The monoisotopic (exact) mass is 383 g/mol. The molecule has 0 spiro atoms. The van der Waals surface area contributed by atoms with E-state index in [4.69, 9.17) is 0 Å². The van der Waals surface area contributed by atoms with Crippen LogP contribution in [0, 0.1) is 12.8 Å². The standard InChI is InChI=1S/C20H29N3.2ClH/c1-15-19(17-9-5-6-10-18(17)22-15)20(16-7-3-2-4-8-16)23-13-11-21-12-14-23;;/h5-6,9-10,16,20-22H,2-4,7-8,11-14H2,1H3;2*1H/t20-;;/m1../s1. The SMILES string of the molecule is Cc1[nH]c2ccccc2c1[C@@H](C1CCCCC1)N1CCNCC1.Cl.Cl. The number of aromatic nitrogens is 1. The first kappa shape index (κ1) is 20.6. The van der Waals surface area contributed by atoms with Gasteiger partial charge in [-0.05, 0) is 37.3 Å². The molecule has 1 aliphatic carbocycles. The molecule has 1 aromatic carbocycles. The highest BCUT2D eigenvalue weighted by Gasteiger charge is 2.33. The average Bonchev–Trinajstić information content (AvgIpc) is 2.94. The molecule has 1 aliphatic heterocycles. The maximum absolute atomic E-state index is 3.64. The van der Waals surface area contributed by atoms with Gasteiger partial charge in [-0.25, -0.2) is 0 Å². The fraction of sp³-hybridized carbons (Fsp3) is 0.600. The van der Waals surface area contributed by atoms with Crippen LogP contribution in [0.2, 0.25) is 0 Å². The van der Waals surface area contributed by atoms with Gasteiger partial charge in [0.25, 0.3) is 0 Å². The van der Waals surface area contributed by atoms with E-state index in [-0.39, 0.29) is 24.8 Å². The molecule has 2 aliphatic rings. The Morgan fingerprint density at radius 1 is 1.00 bits per heavy atom. The second-order valence-corrected chi connectivity index (χ2v) is 7.34. The maximum Gasteiger partial charge on any atom is 0.0459 e. The molecule has 1 saturated carbocycles. The molecule has 5 heteroatoms. The Labute approximate surface area is 163 Å². The van der Waals surface area contributed by atoms with Crippen LogP contribution >= 0.6 is 24.8 Å². The Morgan fingerprint density at radius 3 is 2.40 bits per heavy atom. The van der Waals surface area contributed by atoms with Gasteiger partial charge in [0.1, 0.15) is 0 Å². The number of para-hydroxylation sites is 1. The Kier molecular flexibility index (Phi) is 7.63. The third-order valence-electron chi connectivity index (χ3n) is 5.88. The lowest BCUT2D eigenvalue weighted by atomic mass is 9.79. The number of H-pyrrole nitrogens is 1. The van der Waals surface area contributed by atoms with E-state index in [1.807, 2.05) is 0 Å². The minimum atomic E-state index is 0. The summed E-state index contributed by atoms with van der Waals surface area (Å²) in [6.45, 7) is 6.89. The van der Waals surface area contributed by atoms with Crippen LogP contribution in [0.4, 0.5) is 0 Å². The first-order valence-electron chi connectivity index (χ1n) is 9.36. The molecule has 140 valence electrons. The molecule has 1 aromatic heterocycles. The highest BCUT2D eigenvalue weighted by Crippen LogP contribution is 2.42. The van der Waals surface area contributed by atoms with Gasteiger partial charge >= 0.3 is 0 Å². The van der Waals surface area contributed by atoms with Gasteiger partial charge in [0.05, 0.1) is 0 Å². The third-order valence-corrected chi connectivity index (χ3v) is 5.88. The second-order valence-electron chi connectivity index (χ2n) is 7.34. The van der Waals surface area contributed by atoms with Crippen LogP contribution in [-0.4, -0.2) is 36.1 Å². The summed E-state index contributed by atoms with van der Waals surface area (Å²) < 4.78 is 0. The summed E-state index contributed by atoms with van der Waals surface area (Å²) in [5.41, 5.74) is 4.26. The van der Waals surface area contributed by atoms with Crippen LogP contribution in [0.25, 0.3) is 10.9 Å². The van der Waals surface area contributed by atoms with Crippen molar-refractivity contribution in [2.24, 2.45) is 5.92 Å². The van der Waals surface area contributed by atoms with Crippen molar-refractivity contribution in [3.05, 3.63) is 35.5 Å². The van der Waals surface area contributed by atoms with E-state index in [0.717, 1.165) is 19.0 Å². The van der Waals surface area contributed by atoms with Crippen molar-refractivity contribution in [2.45, 2.75) is 45.1 Å². The van der Waals surface area contributed by atoms with E-state index in [9.17, 15) is 0 Å². The number of rotatable bonds is 3. The predicted molar refractivity (Wildman–Crippen MR) is 111 cm³/mol. The van der Waals surface area contributed by atoms with E-state index < -0.39 is 0 Å². The number of fused-ring (bicyclic) bond motifs is 1. The van der Waals surface area contributed by atoms with Gasteiger partial charge < -0.3 is 10.3 Å². The first-order chi connectivity index (χ1) is 11.3.